The van der Waals surface area contributed by atoms with Crippen molar-refractivity contribution in [3.8, 4) is 11.4 Å². The predicted molar refractivity (Wildman–Crippen MR) is 100 cm³/mol. The standard InChI is InChI=1S/C19H24BrN3O2/c20-15-10-8-14(9-11-15)19-22-18(25-23-19)13-12-17(24)21-16-6-4-2-1-3-5-7-16/h8-11,16H,1-7,12-13H2,(H,21,24). The van der Waals surface area contributed by atoms with Crippen LogP contribution in [0.4, 0.5) is 0 Å². The van der Waals surface area contributed by atoms with Crippen molar-refractivity contribution in [3.63, 3.8) is 0 Å². The number of aryl methyl sites for hydroxylation is 1. The third kappa shape index (κ3) is 5.66. The molecule has 0 bridgehead atoms. The van der Waals surface area contributed by atoms with Crippen LogP contribution in [0.25, 0.3) is 11.4 Å². The zero-order valence-corrected chi connectivity index (χ0v) is 15.9. The Hall–Kier alpha value is -1.69. The van der Waals surface area contributed by atoms with Gasteiger partial charge in [0.2, 0.25) is 17.6 Å². The Balaban J connectivity index is 1.48. The van der Waals surface area contributed by atoms with Crippen LogP contribution in [-0.4, -0.2) is 22.1 Å². The quantitative estimate of drug-likeness (QED) is 0.784. The molecule has 1 amide bonds. The number of amides is 1. The molecule has 1 aromatic heterocycles. The van der Waals surface area contributed by atoms with Crippen LogP contribution >= 0.6 is 15.9 Å². The van der Waals surface area contributed by atoms with Gasteiger partial charge in [0.05, 0.1) is 0 Å². The average molecular weight is 406 g/mol. The molecule has 1 saturated carbocycles. The minimum atomic E-state index is 0.0777. The Labute approximate surface area is 156 Å². The van der Waals surface area contributed by atoms with Crippen molar-refractivity contribution in [1.29, 1.82) is 0 Å². The molecule has 0 saturated heterocycles. The summed E-state index contributed by atoms with van der Waals surface area (Å²) in [6, 6.07) is 8.07. The smallest absolute Gasteiger partial charge is 0.227 e. The highest BCUT2D eigenvalue weighted by Crippen LogP contribution is 2.20. The van der Waals surface area contributed by atoms with Gasteiger partial charge < -0.3 is 9.84 Å². The van der Waals surface area contributed by atoms with E-state index in [0.717, 1.165) is 22.9 Å². The fourth-order valence-electron chi connectivity index (χ4n) is 3.19. The fourth-order valence-corrected chi connectivity index (χ4v) is 3.46. The summed E-state index contributed by atoms with van der Waals surface area (Å²) < 4.78 is 6.28. The molecule has 1 aliphatic rings. The molecule has 1 aromatic carbocycles. The molecule has 0 spiro atoms. The molecule has 1 N–H and O–H groups in total. The zero-order chi connectivity index (χ0) is 17.5. The molecule has 6 heteroatoms. The summed E-state index contributed by atoms with van der Waals surface area (Å²) in [4.78, 5) is 16.6. The van der Waals surface area contributed by atoms with Crippen molar-refractivity contribution in [1.82, 2.24) is 15.5 Å². The van der Waals surface area contributed by atoms with E-state index < -0.39 is 0 Å². The van der Waals surface area contributed by atoms with Gasteiger partial charge >= 0.3 is 0 Å². The highest BCUT2D eigenvalue weighted by atomic mass is 79.9. The molecular weight excluding hydrogens is 382 g/mol. The van der Waals surface area contributed by atoms with Crippen LogP contribution in [0.5, 0.6) is 0 Å². The van der Waals surface area contributed by atoms with Gasteiger partial charge in [0.1, 0.15) is 0 Å². The van der Waals surface area contributed by atoms with Crippen LogP contribution < -0.4 is 5.32 Å². The van der Waals surface area contributed by atoms with Gasteiger partial charge in [-0.15, -0.1) is 0 Å². The number of nitrogens with one attached hydrogen (secondary N) is 1. The Kier molecular flexibility index (Phi) is 6.62. The molecule has 0 radical (unpaired) electrons. The van der Waals surface area contributed by atoms with E-state index in [1.807, 2.05) is 24.3 Å². The van der Waals surface area contributed by atoms with E-state index >= 15 is 0 Å². The summed E-state index contributed by atoms with van der Waals surface area (Å²) >= 11 is 3.41. The summed E-state index contributed by atoms with van der Waals surface area (Å²) in [6.07, 6.45) is 9.38. The van der Waals surface area contributed by atoms with Gasteiger partial charge in [0.15, 0.2) is 0 Å². The number of hydrogen-bond acceptors (Lipinski definition) is 4. The molecule has 0 unspecified atom stereocenters. The average Bonchev–Trinajstić information content (AvgIpc) is 3.05. The summed E-state index contributed by atoms with van der Waals surface area (Å²) in [7, 11) is 0. The van der Waals surface area contributed by atoms with Crippen LogP contribution in [0.3, 0.4) is 0 Å². The fraction of sp³-hybridized carbons (Fsp3) is 0.526. The summed E-state index contributed by atoms with van der Waals surface area (Å²) in [5.41, 5.74) is 0.900. The van der Waals surface area contributed by atoms with Crippen LogP contribution in [0.15, 0.2) is 33.3 Å². The first-order valence-corrected chi connectivity index (χ1v) is 9.88. The lowest BCUT2D eigenvalue weighted by Gasteiger charge is -2.20. The number of benzene rings is 1. The monoisotopic (exact) mass is 405 g/mol. The van der Waals surface area contributed by atoms with Crippen molar-refractivity contribution >= 4 is 21.8 Å². The van der Waals surface area contributed by atoms with Crippen LogP contribution in [0, 0.1) is 0 Å². The normalized spacial score (nSPS) is 16.2. The molecule has 1 fully saturated rings. The van der Waals surface area contributed by atoms with E-state index in [2.05, 4.69) is 31.4 Å². The summed E-state index contributed by atoms with van der Waals surface area (Å²) in [6.45, 7) is 0. The molecule has 0 atom stereocenters. The van der Waals surface area contributed by atoms with Crippen molar-refractivity contribution < 1.29 is 9.32 Å². The molecule has 134 valence electrons. The number of carbonyl (C=O) groups excluding carboxylic acids is 1. The van der Waals surface area contributed by atoms with Gasteiger partial charge in [0.25, 0.3) is 0 Å². The van der Waals surface area contributed by atoms with Gasteiger partial charge in [-0.25, -0.2) is 0 Å². The van der Waals surface area contributed by atoms with E-state index in [1.165, 1.54) is 32.1 Å². The second-order valence-corrected chi connectivity index (χ2v) is 7.54. The Morgan fingerprint density at radius 2 is 1.80 bits per heavy atom. The van der Waals surface area contributed by atoms with E-state index in [4.69, 9.17) is 4.52 Å². The first-order valence-electron chi connectivity index (χ1n) is 9.08. The van der Waals surface area contributed by atoms with Crippen LogP contribution in [-0.2, 0) is 11.2 Å². The number of rotatable bonds is 5. The summed E-state index contributed by atoms with van der Waals surface area (Å²) in [5, 5.41) is 7.17. The maximum atomic E-state index is 12.2. The second kappa shape index (κ2) is 9.13. The zero-order valence-electron chi connectivity index (χ0n) is 14.3. The topological polar surface area (TPSA) is 68.0 Å². The second-order valence-electron chi connectivity index (χ2n) is 6.63. The number of halogens is 1. The van der Waals surface area contributed by atoms with Crippen molar-refractivity contribution in [2.75, 3.05) is 0 Å². The highest BCUT2D eigenvalue weighted by Gasteiger charge is 2.15. The minimum absolute atomic E-state index is 0.0777. The molecule has 25 heavy (non-hydrogen) atoms. The van der Waals surface area contributed by atoms with Crippen molar-refractivity contribution in [2.24, 2.45) is 0 Å². The Bertz CT molecular complexity index is 676. The van der Waals surface area contributed by atoms with Gasteiger partial charge in [-0.05, 0) is 37.1 Å². The third-order valence-electron chi connectivity index (χ3n) is 4.61. The number of hydrogen-bond donors (Lipinski definition) is 1. The minimum Gasteiger partial charge on any atom is -0.353 e. The van der Waals surface area contributed by atoms with E-state index in [1.54, 1.807) is 0 Å². The number of nitrogens with zero attached hydrogens (tertiary/aromatic N) is 2. The SMILES string of the molecule is O=C(CCc1nc(-c2ccc(Br)cc2)no1)NC1CCCCCCC1. The van der Waals surface area contributed by atoms with Crippen molar-refractivity contribution in [2.45, 2.75) is 63.8 Å². The summed E-state index contributed by atoms with van der Waals surface area (Å²) in [5.74, 6) is 1.14. The van der Waals surface area contributed by atoms with Gasteiger partial charge in [0, 0.05) is 28.9 Å². The van der Waals surface area contributed by atoms with Crippen molar-refractivity contribution in [3.05, 3.63) is 34.6 Å². The first-order chi connectivity index (χ1) is 12.2. The maximum absolute atomic E-state index is 12.2. The van der Waals surface area contributed by atoms with Gasteiger partial charge in [-0.1, -0.05) is 53.2 Å². The lowest BCUT2D eigenvalue weighted by atomic mass is 9.96. The van der Waals surface area contributed by atoms with E-state index in [0.29, 0.717) is 30.6 Å². The molecular formula is C19H24BrN3O2. The van der Waals surface area contributed by atoms with Crippen LogP contribution in [0.1, 0.15) is 57.3 Å². The lowest BCUT2D eigenvalue weighted by molar-refractivity contribution is -0.122. The van der Waals surface area contributed by atoms with Crippen LogP contribution in [0.2, 0.25) is 0 Å². The molecule has 5 nitrogen and oxygen atoms in total. The number of carbonyl (C=O) groups is 1. The highest BCUT2D eigenvalue weighted by molar-refractivity contribution is 9.10. The maximum Gasteiger partial charge on any atom is 0.227 e. The molecule has 0 aliphatic heterocycles. The molecule has 3 rings (SSSR count). The third-order valence-corrected chi connectivity index (χ3v) is 5.14. The Morgan fingerprint density at radius 1 is 1.12 bits per heavy atom. The van der Waals surface area contributed by atoms with E-state index in [-0.39, 0.29) is 5.91 Å². The lowest BCUT2D eigenvalue weighted by Crippen LogP contribution is -2.35. The molecule has 2 aromatic rings. The predicted octanol–water partition coefficient (Wildman–Crippen LogP) is 4.66. The van der Waals surface area contributed by atoms with E-state index in [9.17, 15) is 4.79 Å². The molecule has 1 aliphatic carbocycles. The largest absolute Gasteiger partial charge is 0.353 e. The molecule has 1 heterocycles. The first kappa shape index (κ1) is 18.1. The van der Waals surface area contributed by atoms with Gasteiger partial charge in [-0.3, -0.25) is 4.79 Å². The Morgan fingerprint density at radius 3 is 2.52 bits per heavy atom. The number of aromatic nitrogens is 2. The van der Waals surface area contributed by atoms with Gasteiger partial charge in [-0.2, -0.15) is 4.98 Å².